The first-order valence-corrected chi connectivity index (χ1v) is 9.01. The Labute approximate surface area is 163 Å². The third-order valence-electron chi connectivity index (χ3n) is 5.92. The number of hydrogen-bond donors (Lipinski definition) is 1. The molecule has 8 heteroatoms. The van der Waals surface area contributed by atoms with Gasteiger partial charge in [0, 0.05) is 44.1 Å². The Morgan fingerprint density at radius 3 is 2.44 bits per heavy atom. The van der Waals surface area contributed by atoms with E-state index in [2.05, 4.69) is 0 Å². The van der Waals surface area contributed by atoms with Gasteiger partial charge in [-0.25, -0.2) is 0 Å². The maximum absolute atomic E-state index is 12.6. The number of carbonyl (C=O) groups excluding carboxylic acids is 1. The van der Waals surface area contributed by atoms with E-state index in [0.29, 0.717) is 18.7 Å². The molecule has 0 spiro atoms. The maximum Gasteiger partial charge on any atom is 0.390 e. The van der Waals surface area contributed by atoms with Crippen LogP contribution in [0.25, 0.3) is 0 Å². The molecule has 2 bridgehead atoms. The fourth-order valence-electron chi connectivity index (χ4n) is 4.83. The van der Waals surface area contributed by atoms with E-state index in [-0.39, 0.29) is 30.8 Å². The smallest absolute Gasteiger partial charge is 0.373 e. The molecule has 0 aromatic heterocycles. The highest BCUT2D eigenvalue weighted by Gasteiger charge is 2.53. The van der Waals surface area contributed by atoms with E-state index in [1.54, 1.807) is 25.3 Å². The first-order chi connectivity index (χ1) is 12.3. The molecule has 2 N–H and O–H groups in total. The van der Waals surface area contributed by atoms with Crippen LogP contribution < -0.4 is 5.73 Å². The number of amides is 1. The lowest BCUT2D eigenvalue weighted by Crippen LogP contribution is -2.59. The van der Waals surface area contributed by atoms with Gasteiger partial charge in [0.15, 0.2) is 0 Å². The van der Waals surface area contributed by atoms with Crippen molar-refractivity contribution in [3.63, 3.8) is 0 Å². The van der Waals surface area contributed by atoms with Gasteiger partial charge in [0.2, 0.25) is 5.91 Å². The molecule has 2 fully saturated rings. The SMILES string of the molecule is CO[C@@]1(c2cccc(C(N)=O)c2)[C@@H]2CCC[C@H]1CN(CCC(F)(F)F)C2.Cl. The number of methoxy groups -OCH3 is 1. The normalized spacial score (nSPS) is 28.4. The molecule has 1 aromatic carbocycles. The summed E-state index contributed by atoms with van der Waals surface area (Å²) < 4.78 is 43.9. The summed E-state index contributed by atoms with van der Waals surface area (Å²) in [6.07, 6.45) is -2.09. The summed E-state index contributed by atoms with van der Waals surface area (Å²) in [5, 5.41) is 0. The highest BCUT2D eigenvalue weighted by atomic mass is 35.5. The molecule has 1 saturated heterocycles. The van der Waals surface area contributed by atoms with Crippen molar-refractivity contribution in [2.24, 2.45) is 17.6 Å². The van der Waals surface area contributed by atoms with Gasteiger partial charge < -0.3 is 15.4 Å². The first kappa shape index (κ1) is 22.0. The van der Waals surface area contributed by atoms with Crippen molar-refractivity contribution >= 4 is 18.3 Å². The minimum atomic E-state index is -4.14. The van der Waals surface area contributed by atoms with Gasteiger partial charge >= 0.3 is 6.18 Å². The van der Waals surface area contributed by atoms with Crippen LogP contribution in [0, 0.1) is 11.8 Å². The maximum atomic E-state index is 12.6. The third kappa shape index (κ3) is 4.41. The molecule has 1 aliphatic carbocycles. The van der Waals surface area contributed by atoms with Crippen molar-refractivity contribution in [3.8, 4) is 0 Å². The number of benzene rings is 1. The highest BCUT2D eigenvalue weighted by Crippen LogP contribution is 2.51. The Hall–Kier alpha value is -1.31. The lowest BCUT2D eigenvalue weighted by molar-refractivity contribution is -0.177. The highest BCUT2D eigenvalue weighted by molar-refractivity contribution is 5.92. The number of carbonyl (C=O) groups is 1. The monoisotopic (exact) mass is 406 g/mol. The Morgan fingerprint density at radius 1 is 1.30 bits per heavy atom. The van der Waals surface area contributed by atoms with E-state index in [1.165, 1.54) is 0 Å². The predicted octanol–water partition coefficient (Wildman–Crippen LogP) is 3.73. The molecule has 1 aliphatic heterocycles. The van der Waals surface area contributed by atoms with Crippen LogP contribution in [0.2, 0.25) is 0 Å². The van der Waals surface area contributed by atoms with Gasteiger partial charge in [-0.3, -0.25) is 4.79 Å². The molecule has 0 radical (unpaired) electrons. The van der Waals surface area contributed by atoms with Crippen LogP contribution in [0.1, 0.15) is 41.6 Å². The summed E-state index contributed by atoms with van der Waals surface area (Å²) in [7, 11) is 1.66. The van der Waals surface area contributed by atoms with Crippen LogP contribution in [-0.4, -0.2) is 43.7 Å². The summed E-state index contributed by atoms with van der Waals surface area (Å²) in [6.45, 7) is 1.17. The number of likely N-dealkylation sites (tertiary alicyclic amines) is 1. The van der Waals surface area contributed by atoms with Gasteiger partial charge in [0.05, 0.1) is 6.42 Å². The molecule has 1 saturated carbocycles. The second kappa shape index (κ2) is 8.37. The molecule has 2 aliphatic rings. The van der Waals surface area contributed by atoms with Gasteiger partial charge in [-0.15, -0.1) is 12.4 Å². The number of fused-ring (bicyclic) bond motifs is 2. The second-order valence-corrected chi connectivity index (χ2v) is 7.39. The standard InChI is InChI=1S/C19H25F3N2O2.ClH/c1-26-19(14-5-2-4-13(10-14)17(23)25)15-6-3-7-16(19)12-24(11-15)9-8-18(20,21)22;/h2,4-5,10,15-16H,3,6-9,11-12H2,1H3,(H2,23,25);1H/t15-,16+,19+;. The predicted molar refractivity (Wildman–Crippen MR) is 98.8 cm³/mol. The first-order valence-electron chi connectivity index (χ1n) is 9.01. The van der Waals surface area contributed by atoms with Crippen LogP contribution in [0.15, 0.2) is 24.3 Å². The summed E-state index contributed by atoms with van der Waals surface area (Å²) in [5.74, 6) is -0.307. The van der Waals surface area contributed by atoms with E-state index in [4.69, 9.17) is 10.5 Å². The molecule has 1 aromatic rings. The van der Waals surface area contributed by atoms with Gasteiger partial charge in [-0.1, -0.05) is 18.6 Å². The molecule has 4 nitrogen and oxygen atoms in total. The number of ether oxygens (including phenoxy) is 1. The summed E-state index contributed by atoms with van der Waals surface area (Å²) >= 11 is 0. The van der Waals surface area contributed by atoms with E-state index in [9.17, 15) is 18.0 Å². The number of rotatable bonds is 5. The molecule has 152 valence electrons. The minimum Gasteiger partial charge on any atom is -0.373 e. The van der Waals surface area contributed by atoms with Crippen LogP contribution in [0.3, 0.4) is 0 Å². The lowest BCUT2D eigenvalue weighted by atomic mass is 9.62. The quantitative estimate of drug-likeness (QED) is 0.810. The Balaban J connectivity index is 0.00000261. The van der Waals surface area contributed by atoms with Crippen molar-refractivity contribution in [1.82, 2.24) is 4.90 Å². The lowest BCUT2D eigenvalue weighted by Gasteiger charge is -2.55. The van der Waals surface area contributed by atoms with E-state index < -0.39 is 24.1 Å². The zero-order chi connectivity index (χ0) is 18.9. The molecular weight excluding hydrogens is 381 g/mol. The Morgan fingerprint density at radius 2 is 1.93 bits per heavy atom. The largest absolute Gasteiger partial charge is 0.390 e. The number of hydrogen-bond acceptors (Lipinski definition) is 3. The molecule has 3 atom stereocenters. The number of nitrogens with zero attached hydrogens (tertiary/aromatic N) is 1. The zero-order valence-electron chi connectivity index (χ0n) is 15.3. The van der Waals surface area contributed by atoms with Crippen molar-refractivity contribution < 1.29 is 22.7 Å². The van der Waals surface area contributed by atoms with Crippen molar-refractivity contribution in [2.75, 3.05) is 26.7 Å². The van der Waals surface area contributed by atoms with Gasteiger partial charge in [0.1, 0.15) is 5.60 Å². The van der Waals surface area contributed by atoms with Crippen LogP contribution in [0.5, 0.6) is 0 Å². The van der Waals surface area contributed by atoms with Crippen LogP contribution in [-0.2, 0) is 10.3 Å². The molecular formula is C19H26ClF3N2O2. The van der Waals surface area contributed by atoms with Gasteiger partial charge in [-0.2, -0.15) is 13.2 Å². The van der Waals surface area contributed by atoms with Crippen LogP contribution >= 0.6 is 12.4 Å². The number of alkyl halides is 3. The van der Waals surface area contributed by atoms with Crippen molar-refractivity contribution in [3.05, 3.63) is 35.4 Å². The number of piperidine rings is 1. The van der Waals surface area contributed by atoms with E-state index in [1.807, 2.05) is 11.0 Å². The van der Waals surface area contributed by atoms with E-state index >= 15 is 0 Å². The molecule has 0 unspecified atom stereocenters. The zero-order valence-corrected chi connectivity index (χ0v) is 16.1. The molecule has 1 amide bonds. The Bertz CT molecular complexity index is 655. The number of nitrogens with two attached hydrogens (primary N) is 1. The molecule has 27 heavy (non-hydrogen) atoms. The summed E-state index contributed by atoms with van der Waals surface area (Å²) in [6, 6.07) is 7.18. The van der Waals surface area contributed by atoms with E-state index in [0.717, 1.165) is 24.8 Å². The van der Waals surface area contributed by atoms with Gasteiger partial charge in [0.25, 0.3) is 0 Å². The summed E-state index contributed by atoms with van der Waals surface area (Å²) in [4.78, 5) is 13.5. The third-order valence-corrected chi connectivity index (χ3v) is 5.92. The van der Waals surface area contributed by atoms with Gasteiger partial charge in [-0.05, 0) is 30.5 Å². The average Bonchev–Trinajstić information content (AvgIpc) is 2.58. The Kier molecular flexibility index (Phi) is 6.81. The van der Waals surface area contributed by atoms with Crippen molar-refractivity contribution in [1.29, 1.82) is 0 Å². The minimum absolute atomic E-state index is 0. The number of primary amides is 1. The fourth-order valence-corrected chi connectivity index (χ4v) is 4.83. The fraction of sp³-hybridized carbons (Fsp3) is 0.632. The molecule has 3 rings (SSSR count). The average molecular weight is 407 g/mol. The topological polar surface area (TPSA) is 55.6 Å². The number of halogens is 4. The van der Waals surface area contributed by atoms with Crippen molar-refractivity contribution in [2.45, 2.75) is 37.5 Å². The summed E-state index contributed by atoms with van der Waals surface area (Å²) in [5.41, 5.74) is 6.18. The molecule has 1 heterocycles. The second-order valence-electron chi connectivity index (χ2n) is 7.39. The van der Waals surface area contributed by atoms with Crippen LogP contribution in [0.4, 0.5) is 13.2 Å².